The maximum absolute atomic E-state index is 14.9. The number of piperazine rings is 1. The van der Waals surface area contributed by atoms with Crippen LogP contribution in [0.2, 0.25) is 5.02 Å². The van der Waals surface area contributed by atoms with Gasteiger partial charge in [0.05, 0.1) is 28.4 Å². The number of carbonyl (C=O) groups is 2. The number of pyridine rings is 1. The van der Waals surface area contributed by atoms with Crippen LogP contribution in [-0.2, 0) is 22.9 Å². The predicted octanol–water partition coefficient (Wildman–Crippen LogP) is 6.78. The molecule has 228 valence electrons. The van der Waals surface area contributed by atoms with Crippen LogP contribution >= 0.6 is 11.6 Å². The standard InChI is InChI=1S/C31H31ClF4N4O3/c1-29(2,3)43-28(42)40-18-24-14-25(40)17-39(24)27(41)38-30(15-19-7-5-4-6-8-19,26-10-9-22(32)16-37-26)20-11-21(31(34,35)36)13-23(33)12-20/h4-13,16,24-25H,14-15,17-18H2,1-3H3,(H,38,41)/t24-,25-,30+/m1/s1. The van der Waals surface area contributed by atoms with E-state index in [1.807, 2.05) is 0 Å². The molecular weight excluding hydrogens is 588 g/mol. The van der Waals surface area contributed by atoms with Crippen molar-refractivity contribution in [2.75, 3.05) is 13.1 Å². The second-order valence-electron chi connectivity index (χ2n) is 11.9. The van der Waals surface area contributed by atoms with Gasteiger partial charge in [-0.1, -0.05) is 41.9 Å². The van der Waals surface area contributed by atoms with Gasteiger partial charge in [0.15, 0.2) is 0 Å². The SMILES string of the molecule is CC(C)(C)OC(=O)N1C[C@H]2C[C@@H]1CN2C(=O)N[C@@](Cc1ccccc1)(c1cc(F)cc(C(F)(F)F)c1)c1ccc(Cl)cn1. The van der Waals surface area contributed by atoms with Crippen LogP contribution in [0.4, 0.5) is 27.2 Å². The van der Waals surface area contributed by atoms with Crippen molar-refractivity contribution in [3.8, 4) is 0 Å². The van der Waals surface area contributed by atoms with Gasteiger partial charge in [0.1, 0.15) is 17.0 Å². The van der Waals surface area contributed by atoms with Crippen LogP contribution in [0, 0.1) is 5.82 Å². The second-order valence-corrected chi connectivity index (χ2v) is 12.4. The summed E-state index contributed by atoms with van der Waals surface area (Å²) in [5.41, 5.74) is -2.90. The van der Waals surface area contributed by atoms with Gasteiger partial charge in [-0.05, 0) is 68.7 Å². The molecule has 3 atom stereocenters. The number of ether oxygens (including phenoxy) is 1. The monoisotopic (exact) mass is 618 g/mol. The molecule has 43 heavy (non-hydrogen) atoms. The number of nitrogens with one attached hydrogen (secondary N) is 1. The summed E-state index contributed by atoms with van der Waals surface area (Å²) < 4.78 is 62.1. The molecule has 3 amide bonds. The molecule has 7 nitrogen and oxygen atoms in total. The van der Waals surface area contributed by atoms with Crippen LogP contribution < -0.4 is 5.32 Å². The molecule has 12 heteroatoms. The number of halogens is 5. The Hall–Kier alpha value is -3.86. The molecule has 5 rings (SSSR count). The van der Waals surface area contributed by atoms with E-state index in [4.69, 9.17) is 16.3 Å². The number of hydrogen-bond acceptors (Lipinski definition) is 4. The molecule has 2 fully saturated rings. The molecule has 3 heterocycles. The van der Waals surface area contributed by atoms with Crippen LogP contribution in [-0.4, -0.2) is 57.7 Å². The Morgan fingerprint density at radius 1 is 0.977 bits per heavy atom. The number of fused-ring (bicyclic) bond motifs is 2. The molecule has 2 aromatic carbocycles. The van der Waals surface area contributed by atoms with E-state index in [9.17, 15) is 27.2 Å². The van der Waals surface area contributed by atoms with Crippen LogP contribution in [0.25, 0.3) is 0 Å². The number of nitrogens with zero attached hydrogens (tertiary/aromatic N) is 3. The maximum Gasteiger partial charge on any atom is 0.416 e. The summed E-state index contributed by atoms with van der Waals surface area (Å²) >= 11 is 6.10. The topological polar surface area (TPSA) is 74.8 Å². The van der Waals surface area contributed by atoms with Crippen molar-refractivity contribution in [1.29, 1.82) is 0 Å². The van der Waals surface area contributed by atoms with E-state index in [0.717, 1.165) is 12.1 Å². The van der Waals surface area contributed by atoms with Gasteiger partial charge in [-0.25, -0.2) is 14.0 Å². The summed E-state index contributed by atoms with van der Waals surface area (Å²) in [5.74, 6) is -1.11. The van der Waals surface area contributed by atoms with Gasteiger partial charge < -0.3 is 19.9 Å². The molecule has 2 bridgehead atoms. The lowest BCUT2D eigenvalue weighted by atomic mass is 9.79. The number of amides is 3. The van der Waals surface area contributed by atoms with Crippen LogP contribution in [0.15, 0.2) is 66.9 Å². The molecule has 1 N–H and O–H groups in total. The lowest BCUT2D eigenvalue weighted by Gasteiger charge is -2.40. The first-order valence-corrected chi connectivity index (χ1v) is 14.1. The van der Waals surface area contributed by atoms with Crippen molar-refractivity contribution in [3.05, 3.63) is 100 Å². The highest BCUT2D eigenvalue weighted by molar-refractivity contribution is 6.30. The van der Waals surface area contributed by atoms with Gasteiger partial charge in [-0.3, -0.25) is 4.98 Å². The first-order chi connectivity index (χ1) is 20.1. The minimum absolute atomic E-state index is 0.0407. The summed E-state index contributed by atoms with van der Waals surface area (Å²) in [6, 6.07) is 12.9. The number of likely N-dealkylation sites (tertiary alicyclic amines) is 2. The Kier molecular flexibility index (Phi) is 8.06. The van der Waals surface area contributed by atoms with Gasteiger partial charge in [-0.2, -0.15) is 13.2 Å². The van der Waals surface area contributed by atoms with Crippen molar-refractivity contribution >= 4 is 23.7 Å². The van der Waals surface area contributed by atoms with Gasteiger partial charge in [-0.15, -0.1) is 0 Å². The molecule has 2 aliphatic rings. The fraction of sp³-hybridized carbons (Fsp3) is 0.387. The molecule has 0 spiro atoms. The van der Waals surface area contributed by atoms with Gasteiger partial charge in [0.2, 0.25) is 0 Å². The number of rotatable bonds is 5. The van der Waals surface area contributed by atoms with Crippen LogP contribution in [0.3, 0.4) is 0 Å². The van der Waals surface area contributed by atoms with E-state index in [1.54, 1.807) is 60.9 Å². The van der Waals surface area contributed by atoms with Crippen LogP contribution in [0.5, 0.6) is 0 Å². The summed E-state index contributed by atoms with van der Waals surface area (Å²) in [6.45, 7) is 5.75. The molecule has 1 aromatic heterocycles. The third-order valence-corrected chi connectivity index (χ3v) is 7.87. The van der Waals surface area contributed by atoms with Crippen molar-refractivity contribution < 1.29 is 31.9 Å². The number of aromatic nitrogens is 1. The fourth-order valence-corrected chi connectivity index (χ4v) is 5.88. The normalized spacial score (nSPS) is 19.7. The number of alkyl halides is 3. The zero-order valence-electron chi connectivity index (χ0n) is 23.8. The number of carbonyl (C=O) groups excluding carboxylic acids is 2. The first kappa shape index (κ1) is 30.6. The maximum atomic E-state index is 14.9. The minimum atomic E-state index is -4.84. The molecule has 3 aromatic rings. The highest BCUT2D eigenvalue weighted by Gasteiger charge is 2.50. The summed E-state index contributed by atoms with van der Waals surface area (Å²) in [4.78, 5) is 34.3. The average molecular weight is 619 g/mol. The second kappa shape index (κ2) is 11.3. The average Bonchev–Trinajstić information content (AvgIpc) is 3.54. The van der Waals surface area contributed by atoms with E-state index in [0.29, 0.717) is 18.1 Å². The number of hydrogen-bond donors (Lipinski definition) is 1. The molecular formula is C31H31ClF4N4O3. The zero-order chi connectivity index (χ0) is 31.2. The highest BCUT2D eigenvalue weighted by atomic mass is 35.5. The van der Waals surface area contributed by atoms with E-state index in [2.05, 4.69) is 10.3 Å². The van der Waals surface area contributed by atoms with Crippen molar-refractivity contribution in [3.63, 3.8) is 0 Å². The Balaban J connectivity index is 1.55. The molecule has 0 radical (unpaired) electrons. The van der Waals surface area contributed by atoms with E-state index in [-0.39, 0.29) is 47.9 Å². The van der Waals surface area contributed by atoms with Gasteiger partial charge in [0.25, 0.3) is 0 Å². The van der Waals surface area contributed by atoms with E-state index < -0.39 is 40.8 Å². The molecule has 2 saturated heterocycles. The Labute approximate surface area is 251 Å². The predicted molar refractivity (Wildman–Crippen MR) is 152 cm³/mol. The van der Waals surface area contributed by atoms with Crippen LogP contribution in [0.1, 0.15) is 49.6 Å². The third kappa shape index (κ3) is 6.56. The van der Waals surface area contributed by atoms with Crippen molar-refractivity contribution in [1.82, 2.24) is 20.1 Å². The lowest BCUT2D eigenvalue weighted by Crippen LogP contribution is -2.58. The summed E-state index contributed by atoms with van der Waals surface area (Å²) in [7, 11) is 0. The molecule has 0 saturated carbocycles. The van der Waals surface area contributed by atoms with Gasteiger partial charge >= 0.3 is 18.3 Å². The molecule has 2 aliphatic heterocycles. The number of benzene rings is 2. The zero-order valence-corrected chi connectivity index (χ0v) is 24.5. The summed E-state index contributed by atoms with van der Waals surface area (Å²) in [5, 5.41) is 3.23. The van der Waals surface area contributed by atoms with Crippen molar-refractivity contribution in [2.45, 2.75) is 63.0 Å². The summed E-state index contributed by atoms with van der Waals surface area (Å²) in [6.07, 6.45) is -3.50. The quantitative estimate of drug-likeness (QED) is 0.320. The lowest BCUT2D eigenvalue weighted by molar-refractivity contribution is -0.137. The van der Waals surface area contributed by atoms with Gasteiger partial charge in [0, 0.05) is 25.7 Å². The van der Waals surface area contributed by atoms with Crippen molar-refractivity contribution in [2.24, 2.45) is 0 Å². The third-order valence-electron chi connectivity index (χ3n) is 7.64. The Morgan fingerprint density at radius 2 is 1.63 bits per heavy atom. The van der Waals surface area contributed by atoms with E-state index >= 15 is 0 Å². The Morgan fingerprint density at radius 3 is 2.21 bits per heavy atom. The number of urea groups is 1. The fourth-order valence-electron chi connectivity index (χ4n) is 5.77. The minimum Gasteiger partial charge on any atom is -0.444 e. The molecule has 0 unspecified atom stereocenters. The first-order valence-electron chi connectivity index (χ1n) is 13.8. The van der Waals surface area contributed by atoms with E-state index in [1.165, 1.54) is 18.3 Å². The smallest absolute Gasteiger partial charge is 0.416 e. The Bertz CT molecular complexity index is 1500. The highest BCUT2D eigenvalue weighted by Crippen LogP contribution is 2.39. The molecule has 0 aliphatic carbocycles. The largest absolute Gasteiger partial charge is 0.444 e.